The lowest BCUT2D eigenvalue weighted by molar-refractivity contribution is 0.186. The Hall–Kier alpha value is -1.06. The molecule has 114 valence electrons. The largest absolute Gasteiger partial charge is 0.497 e. The quantitative estimate of drug-likeness (QED) is 0.667. The van der Waals surface area contributed by atoms with Crippen LogP contribution in [-0.4, -0.2) is 33.4 Å². The third kappa shape index (κ3) is 6.92. The van der Waals surface area contributed by atoms with Gasteiger partial charge in [0.2, 0.25) is 0 Å². The van der Waals surface area contributed by atoms with Crippen molar-refractivity contribution in [1.29, 1.82) is 0 Å². The summed E-state index contributed by atoms with van der Waals surface area (Å²) in [5.41, 5.74) is 1.37. The van der Waals surface area contributed by atoms with E-state index in [-0.39, 0.29) is 0 Å². The second-order valence-electron chi connectivity index (χ2n) is 5.62. The van der Waals surface area contributed by atoms with Crippen molar-refractivity contribution in [3.63, 3.8) is 0 Å². The molecule has 0 saturated carbocycles. The third-order valence-corrected chi connectivity index (χ3v) is 3.46. The third-order valence-electron chi connectivity index (χ3n) is 3.46. The zero-order valence-corrected chi connectivity index (χ0v) is 13.3. The number of ether oxygens (including phenoxy) is 2. The van der Waals surface area contributed by atoms with Gasteiger partial charge in [-0.15, -0.1) is 0 Å². The Bertz CT molecular complexity index is 349. The molecular weight excluding hydrogens is 250 g/mol. The molecule has 1 aromatic rings. The standard InChI is InChI=1S/C17H29NO2/c1-14(2)18-13-16(6-5-11-19-3)12-15-7-9-17(20-4)10-8-15/h7-10,14,16,18H,5-6,11-13H2,1-4H3. The molecule has 1 aromatic carbocycles. The van der Waals surface area contributed by atoms with E-state index < -0.39 is 0 Å². The normalized spacial score (nSPS) is 12.7. The van der Waals surface area contributed by atoms with Crippen LogP contribution in [-0.2, 0) is 11.2 Å². The van der Waals surface area contributed by atoms with Crippen molar-refractivity contribution in [2.75, 3.05) is 27.4 Å². The zero-order chi connectivity index (χ0) is 14.8. The second-order valence-corrected chi connectivity index (χ2v) is 5.62. The molecule has 0 heterocycles. The summed E-state index contributed by atoms with van der Waals surface area (Å²) in [6.45, 7) is 6.30. The molecule has 0 aliphatic carbocycles. The predicted octanol–water partition coefficient (Wildman–Crippen LogP) is 3.28. The highest BCUT2D eigenvalue weighted by atomic mass is 16.5. The fraction of sp³-hybridized carbons (Fsp3) is 0.647. The van der Waals surface area contributed by atoms with Crippen molar-refractivity contribution in [3.8, 4) is 5.75 Å². The van der Waals surface area contributed by atoms with Crippen molar-refractivity contribution in [1.82, 2.24) is 5.32 Å². The maximum atomic E-state index is 5.20. The zero-order valence-electron chi connectivity index (χ0n) is 13.3. The van der Waals surface area contributed by atoms with Crippen LogP contribution in [0.2, 0.25) is 0 Å². The highest BCUT2D eigenvalue weighted by molar-refractivity contribution is 5.27. The molecule has 0 spiro atoms. The van der Waals surface area contributed by atoms with Crippen LogP contribution < -0.4 is 10.1 Å². The van der Waals surface area contributed by atoms with Crippen LogP contribution in [0.5, 0.6) is 5.75 Å². The van der Waals surface area contributed by atoms with E-state index in [9.17, 15) is 0 Å². The van der Waals surface area contributed by atoms with E-state index in [1.54, 1.807) is 14.2 Å². The number of rotatable bonds is 10. The Kier molecular flexibility index (Phi) is 8.31. The van der Waals surface area contributed by atoms with Gasteiger partial charge in [0.15, 0.2) is 0 Å². The van der Waals surface area contributed by atoms with Crippen molar-refractivity contribution >= 4 is 0 Å². The Balaban J connectivity index is 2.51. The van der Waals surface area contributed by atoms with Gasteiger partial charge in [-0.05, 0) is 49.4 Å². The summed E-state index contributed by atoms with van der Waals surface area (Å²) in [7, 11) is 3.47. The Morgan fingerprint density at radius 1 is 1.10 bits per heavy atom. The number of methoxy groups -OCH3 is 2. The molecule has 0 saturated heterocycles. The Morgan fingerprint density at radius 2 is 1.80 bits per heavy atom. The molecule has 0 fully saturated rings. The van der Waals surface area contributed by atoms with E-state index in [1.165, 1.54) is 12.0 Å². The lowest BCUT2D eigenvalue weighted by Crippen LogP contribution is -2.30. The molecule has 0 aliphatic heterocycles. The molecule has 0 aromatic heterocycles. The monoisotopic (exact) mass is 279 g/mol. The first-order chi connectivity index (χ1) is 9.65. The van der Waals surface area contributed by atoms with Crippen LogP contribution in [0.25, 0.3) is 0 Å². The van der Waals surface area contributed by atoms with E-state index in [4.69, 9.17) is 9.47 Å². The van der Waals surface area contributed by atoms with Gasteiger partial charge < -0.3 is 14.8 Å². The van der Waals surface area contributed by atoms with Gasteiger partial charge in [-0.25, -0.2) is 0 Å². The first-order valence-corrected chi connectivity index (χ1v) is 7.51. The smallest absolute Gasteiger partial charge is 0.118 e. The second kappa shape index (κ2) is 9.78. The fourth-order valence-electron chi connectivity index (χ4n) is 2.29. The molecule has 0 amide bonds. The minimum atomic E-state index is 0.538. The molecule has 0 radical (unpaired) electrons. The van der Waals surface area contributed by atoms with Crippen LogP contribution in [0.1, 0.15) is 32.3 Å². The topological polar surface area (TPSA) is 30.5 Å². The molecule has 0 bridgehead atoms. The number of nitrogens with one attached hydrogen (secondary N) is 1. The molecule has 1 N–H and O–H groups in total. The number of hydrogen-bond acceptors (Lipinski definition) is 3. The van der Waals surface area contributed by atoms with Crippen molar-refractivity contribution in [3.05, 3.63) is 29.8 Å². The molecule has 3 heteroatoms. The van der Waals surface area contributed by atoms with E-state index in [0.29, 0.717) is 12.0 Å². The van der Waals surface area contributed by atoms with E-state index >= 15 is 0 Å². The molecule has 1 unspecified atom stereocenters. The molecule has 1 rings (SSSR count). The number of benzene rings is 1. The van der Waals surface area contributed by atoms with Gasteiger partial charge in [-0.2, -0.15) is 0 Å². The van der Waals surface area contributed by atoms with Gasteiger partial charge in [0.25, 0.3) is 0 Å². The molecule has 20 heavy (non-hydrogen) atoms. The van der Waals surface area contributed by atoms with Crippen LogP contribution in [0.3, 0.4) is 0 Å². The van der Waals surface area contributed by atoms with Crippen molar-refractivity contribution in [2.24, 2.45) is 5.92 Å². The summed E-state index contributed by atoms with van der Waals surface area (Å²) >= 11 is 0. The van der Waals surface area contributed by atoms with Gasteiger partial charge >= 0.3 is 0 Å². The summed E-state index contributed by atoms with van der Waals surface area (Å²) in [5.74, 6) is 1.57. The lowest BCUT2D eigenvalue weighted by atomic mass is 9.94. The van der Waals surface area contributed by atoms with E-state index in [1.807, 2.05) is 12.1 Å². The van der Waals surface area contributed by atoms with Crippen LogP contribution in [0, 0.1) is 5.92 Å². The molecule has 0 aliphatic rings. The molecule has 3 nitrogen and oxygen atoms in total. The highest BCUT2D eigenvalue weighted by Gasteiger charge is 2.10. The maximum absolute atomic E-state index is 5.20. The average molecular weight is 279 g/mol. The van der Waals surface area contributed by atoms with Gasteiger partial charge in [-0.1, -0.05) is 26.0 Å². The lowest BCUT2D eigenvalue weighted by Gasteiger charge is -2.19. The van der Waals surface area contributed by atoms with Crippen molar-refractivity contribution in [2.45, 2.75) is 39.2 Å². The molecule has 1 atom stereocenters. The summed E-state index contributed by atoms with van der Waals surface area (Å²) < 4.78 is 10.4. The Labute approximate surface area is 123 Å². The van der Waals surface area contributed by atoms with Crippen LogP contribution in [0.15, 0.2) is 24.3 Å². The number of hydrogen-bond donors (Lipinski definition) is 1. The maximum Gasteiger partial charge on any atom is 0.118 e. The summed E-state index contributed by atoms with van der Waals surface area (Å²) in [6, 6.07) is 8.94. The van der Waals surface area contributed by atoms with Crippen molar-refractivity contribution < 1.29 is 9.47 Å². The molecular formula is C17H29NO2. The fourth-order valence-corrected chi connectivity index (χ4v) is 2.29. The minimum Gasteiger partial charge on any atom is -0.497 e. The SMILES string of the molecule is COCCCC(CNC(C)C)Cc1ccc(OC)cc1. The summed E-state index contributed by atoms with van der Waals surface area (Å²) in [4.78, 5) is 0. The van der Waals surface area contributed by atoms with Crippen LogP contribution in [0.4, 0.5) is 0 Å². The van der Waals surface area contributed by atoms with Gasteiger partial charge in [0.05, 0.1) is 7.11 Å². The Morgan fingerprint density at radius 3 is 2.35 bits per heavy atom. The van der Waals surface area contributed by atoms with E-state index in [2.05, 4.69) is 31.3 Å². The first kappa shape index (κ1) is 17.0. The van der Waals surface area contributed by atoms with E-state index in [0.717, 1.165) is 31.7 Å². The summed E-state index contributed by atoms with van der Waals surface area (Å²) in [5, 5.41) is 3.55. The average Bonchev–Trinajstić information content (AvgIpc) is 2.45. The first-order valence-electron chi connectivity index (χ1n) is 7.51. The summed E-state index contributed by atoms with van der Waals surface area (Å²) in [6.07, 6.45) is 3.42. The highest BCUT2D eigenvalue weighted by Crippen LogP contribution is 2.17. The minimum absolute atomic E-state index is 0.538. The predicted molar refractivity (Wildman–Crippen MR) is 84.4 cm³/mol. The van der Waals surface area contributed by atoms with Crippen LogP contribution >= 0.6 is 0 Å². The van der Waals surface area contributed by atoms with Gasteiger partial charge in [-0.3, -0.25) is 0 Å². The van der Waals surface area contributed by atoms with Gasteiger partial charge in [0, 0.05) is 19.8 Å². The van der Waals surface area contributed by atoms with Gasteiger partial charge in [0.1, 0.15) is 5.75 Å².